The molecule has 0 radical (unpaired) electrons. The molecule has 1 aromatic carbocycles. The Labute approximate surface area is 112 Å². The Morgan fingerprint density at radius 1 is 1.32 bits per heavy atom. The highest BCUT2D eigenvalue weighted by atomic mass is 16.7. The molecule has 0 heterocycles. The zero-order chi connectivity index (χ0) is 14.5. The molecule has 0 aliphatic carbocycles. The third-order valence-electron chi connectivity index (χ3n) is 2.28. The van der Waals surface area contributed by atoms with E-state index in [0.717, 1.165) is 5.75 Å². The highest BCUT2D eigenvalue weighted by Crippen LogP contribution is 2.18. The van der Waals surface area contributed by atoms with Crippen LogP contribution >= 0.6 is 0 Å². The Morgan fingerprint density at radius 2 is 1.89 bits per heavy atom. The van der Waals surface area contributed by atoms with Crippen LogP contribution in [0.5, 0.6) is 5.75 Å². The number of oxime groups is 1. The summed E-state index contributed by atoms with van der Waals surface area (Å²) in [7, 11) is 0. The second kappa shape index (κ2) is 6.33. The largest absolute Gasteiger partial charge is 0.494 e. The molecule has 0 bridgehead atoms. The first kappa shape index (κ1) is 15.2. The second-order valence-electron chi connectivity index (χ2n) is 4.54. The van der Waals surface area contributed by atoms with E-state index in [-0.39, 0.29) is 5.71 Å². The van der Waals surface area contributed by atoms with E-state index in [1.54, 1.807) is 38.1 Å². The molecule has 1 N–H and O–H groups in total. The smallest absolute Gasteiger partial charge is 0.331 e. The van der Waals surface area contributed by atoms with Gasteiger partial charge in [-0.25, -0.2) is 4.79 Å². The topological polar surface area (TPSA) is 68.1 Å². The Kier molecular flexibility index (Phi) is 5.06. The lowest BCUT2D eigenvalue weighted by atomic mass is 9.96. The molecule has 0 saturated heterocycles. The van der Waals surface area contributed by atoms with Crippen molar-refractivity contribution in [2.24, 2.45) is 5.16 Å². The molecule has 0 saturated carbocycles. The average molecular weight is 265 g/mol. The molecule has 1 aromatic rings. The minimum absolute atomic E-state index is 0.283. The second-order valence-corrected chi connectivity index (χ2v) is 4.54. The van der Waals surface area contributed by atoms with Crippen molar-refractivity contribution in [3.63, 3.8) is 0 Å². The van der Waals surface area contributed by atoms with Crippen LogP contribution in [0, 0.1) is 0 Å². The van der Waals surface area contributed by atoms with Gasteiger partial charge in [-0.15, -0.1) is 0 Å². The lowest BCUT2D eigenvalue weighted by Gasteiger charge is -2.19. The van der Waals surface area contributed by atoms with Crippen molar-refractivity contribution in [2.75, 3.05) is 6.61 Å². The van der Waals surface area contributed by atoms with Gasteiger partial charge < -0.3 is 14.7 Å². The number of benzene rings is 1. The highest BCUT2D eigenvalue weighted by molar-refractivity contribution is 6.06. The maximum Gasteiger partial charge on any atom is 0.331 e. The number of ether oxygens (including phenoxy) is 1. The first-order valence-corrected chi connectivity index (χ1v) is 6.06. The summed E-state index contributed by atoms with van der Waals surface area (Å²) in [4.78, 5) is 15.4. The first-order chi connectivity index (χ1) is 8.84. The fourth-order valence-corrected chi connectivity index (χ4v) is 1.50. The molecule has 0 unspecified atom stereocenters. The van der Waals surface area contributed by atoms with E-state index in [1.807, 2.05) is 6.92 Å². The van der Waals surface area contributed by atoms with Crippen LogP contribution in [0.2, 0.25) is 0 Å². The molecule has 0 aliphatic heterocycles. The van der Waals surface area contributed by atoms with E-state index in [1.165, 1.54) is 6.92 Å². The third-order valence-corrected chi connectivity index (χ3v) is 2.28. The number of carbonyl (C=O) groups excluding carboxylic acids is 1. The van der Waals surface area contributed by atoms with Gasteiger partial charge in [0.1, 0.15) is 17.1 Å². The van der Waals surface area contributed by atoms with Gasteiger partial charge in [0.05, 0.1) is 6.61 Å². The van der Waals surface area contributed by atoms with E-state index >= 15 is 0 Å². The lowest BCUT2D eigenvalue weighted by Crippen LogP contribution is -2.32. The molecule has 0 fully saturated rings. The third kappa shape index (κ3) is 4.71. The van der Waals surface area contributed by atoms with Gasteiger partial charge in [-0.1, -0.05) is 5.16 Å². The molecule has 1 rings (SSSR count). The van der Waals surface area contributed by atoms with Crippen LogP contribution in [0.3, 0.4) is 0 Å². The van der Waals surface area contributed by atoms with E-state index in [4.69, 9.17) is 4.74 Å². The van der Waals surface area contributed by atoms with Gasteiger partial charge in [-0.2, -0.15) is 0 Å². The summed E-state index contributed by atoms with van der Waals surface area (Å²) in [5.41, 5.74) is -0.272. The Hall–Kier alpha value is -1.88. The van der Waals surface area contributed by atoms with E-state index in [2.05, 4.69) is 9.99 Å². The van der Waals surface area contributed by atoms with Gasteiger partial charge in [0.2, 0.25) is 0 Å². The van der Waals surface area contributed by atoms with Crippen molar-refractivity contribution in [2.45, 2.75) is 33.3 Å². The highest BCUT2D eigenvalue weighted by Gasteiger charge is 2.24. The summed E-state index contributed by atoms with van der Waals surface area (Å²) < 4.78 is 5.34. The standard InChI is InChI=1S/C14H19NO4/c1-5-18-12-8-6-11(7-9-12)13(14(3,4)17)15-19-10(2)16/h6-9,17H,5H2,1-4H3/b15-13+. The molecule has 104 valence electrons. The fourth-order valence-electron chi connectivity index (χ4n) is 1.50. The molecule has 5 heteroatoms. The summed E-state index contributed by atoms with van der Waals surface area (Å²) in [6, 6.07) is 7.05. The van der Waals surface area contributed by atoms with Crippen LogP contribution in [0.15, 0.2) is 29.4 Å². The van der Waals surface area contributed by atoms with Crippen LogP contribution in [-0.4, -0.2) is 29.0 Å². The Bertz CT molecular complexity index is 457. The SMILES string of the molecule is CCOc1ccc(/C(=N\OC(C)=O)C(C)(C)O)cc1. The van der Waals surface area contributed by atoms with Crippen LogP contribution in [0.25, 0.3) is 0 Å². The van der Waals surface area contributed by atoms with Crippen LogP contribution in [-0.2, 0) is 9.63 Å². The van der Waals surface area contributed by atoms with Crippen molar-refractivity contribution >= 4 is 11.7 Å². The predicted octanol–water partition coefficient (Wildman–Crippen LogP) is 2.12. The summed E-state index contributed by atoms with van der Waals surface area (Å²) >= 11 is 0. The van der Waals surface area contributed by atoms with Gasteiger partial charge >= 0.3 is 5.97 Å². The van der Waals surface area contributed by atoms with Gasteiger partial charge in [-0.3, -0.25) is 0 Å². The zero-order valence-corrected chi connectivity index (χ0v) is 11.6. The lowest BCUT2D eigenvalue weighted by molar-refractivity contribution is -0.141. The molecule has 19 heavy (non-hydrogen) atoms. The molecule has 0 spiro atoms. The molecule has 0 atom stereocenters. The van der Waals surface area contributed by atoms with Gasteiger partial charge in [0.15, 0.2) is 0 Å². The molecule has 0 aliphatic rings. The van der Waals surface area contributed by atoms with Gasteiger partial charge in [0.25, 0.3) is 0 Å². The summed E-state index contributed by atoms with van der Waals surface area (Å²) in [5, 5.41) is 13.8. The first-order valence-electron chi connectivity index (χ1n) is 6.06. The maximum absolute atomic E-state index is 10.8. The van der Waals surface area contributed by atoms with E-state index in [0.29, 0.717) is 12.2 Å². The molecule has 5 nitrogen and oxygen atoms in total. The zero-order valence-electron chi connectivity index (χ0n) is 11.6. The number of hydrogen-bond acceptors (Lipinski definition) is 5. The maximum atomic E-state index is 10.8. The number of nitrogens with zero attached hydrogens (tertiary/aromatic N) is 1. The summed E-state index contributed by atoms with van der Waals surface area (Å²) in [6.45, 7) is 6.89. The summed E-state index contributed by atoms with van der Waals surface area (Å²) in [5.74, 6) is 0.196. The molecule has 0 amide bonds. The normalized spacial score (nSPS) is 12.2. The molecular formula is C14H19NO4. The molecule has 0 aromatic heterocycles. The van der Waals surface area contributed by atoms with Crippen molar-refractivity contribution in [1.82, 2.24) is 0 Å². The van der Waals surface area contributed by atoms with Crippen molar-refractivity contribution in [3.8, 4) is 5.75 Å². The average Bonchev–Trinajstić information content (AvgIpc) is 2.29. The number of aliphatic hydroxyl groups is 1. The van der Waals surface area contributed by atoms with Gasteiger partial charge in [-0.05, 0) is 45.0 Å². The van der Waals surface area contributed by atoms with E-state index in [9.17, 15) is 9.90 Å². The van der Waals surface area contributed by atoms with Crippen LogP contribution < -0.4 is 4.74 Å². The Morgan fingerprint density at radius 3 is 2.32 bits per heavy atom. The Balaban J connectivity index is 3.04. The fraction of sp³-hybridized carbons (Fsp3) is 0.429. The quantitative estimate of drug-likeness (QED) is 0.503. The molecular weight excluding hydrogens is 246 g/mol. The van der Waals surface area contributed by atoms with Crippen molar-refractivity contribution < 1.29 is 19.5 Å². The predicted molar refractivity (Wildman–Crippen MR) is 72.2 cm³/mol. The monoisotopic (exact) mass is 265 g/mol. The summed E-state index contributed by atoms with van der Waals surface area (Å²) in [6.07, 6.45) is 0. The van der Waals surface area contributed by atoms with Gasteiger partial charge in [0, 0.05) is 12.5 Å². The minimum atomic E-state index is -1.22. The number of hydrogen-bond donors (Lipinski definition) is 1. The van der Waals surface area contributed by atoms with Crippen LogP contribution in [0.4, 0.5) is 0 Å². The minimum Gasteiger partial charge on any atom is -0.494 e. The van der Waals surface area contributed by atoms with Crippen molar-refractivity contribution in [1.29, 1.82) is 0 Å². The number of carbonyl (C=O) groups is 1. The van der Waals surface area contributed by atoms with Crippen molar-refractivity contribution in [3.05, 3.63) is 29.8 Å². The van der Waals surface area contributed by atoms with Crippen LogP contribution in [0.1, 0.15) is 33.3 Å². The van der Waals surface area contributed by atoms with E-state index < -0.39 is 11.6 Å². The number of rotatable bonds is 5.